The molecule has 0 saturated heterocycles. The fourth-order valence-electron chi connectivity index (χ4n) is 3.63. The van der Waals surface area contributed by atoms with Gasteiger partial charge in [0.1, 0.15) is 6.61 Å². The van der Waals surface area contributed by atoms with Gasteiger partial charge in [0.25, 0.3) is 0 Å². The summed E-state index contributed by atoms with van der Waals surface area (Å²) in [6.07, 6.45) is 0. The van der Waals surface area contributed by atoms with Crippen molar-refractivity contribution in [2.75, 3.05) is 6.61 Å². The summed E-state index contributed by atoms with van der Waals surface area (Å²) < 4.78 is 6.14. The second-order valence-corrected chi connectivity index (χ2v) is 11.3. The number of nitrogens with zero attached hydrogens (tertiary/aromatic N) is 1. The minimum absolute atomic E-state index is 0.0926. The molecule has 0 N–H and O–H groups in total. The number of aliphatic imine (C=N–C) groups is 1. The third-order valence-electron chi connectivity index (χ3n) is 5.61. The van der Waals surface area contributed by atoms with Crippen molar-refractivity contribution in [2.45, 2.75) is 40.7 Å². The van der Waals surface area contributed by atoms with E-state index in [1.807, 2.05) is 0 Å². The van der Waals surface area contributed by atoms with Gasteiger partial charge in [0.05, 0.1) is 6.04 Å². The fraction of sp³-hybridized carbons (Fsp3) is 0.296. The molecule has 0 fully saturated rings. The summed E-state index contributed by atoms with van der Waals surface area (Å²) in [5.74, 6) is 0.789. The Morgan fingerprint density at radius 1 is 0.800 bits per heavy atom. The second-order valence-electron chi connectivity index (χ2n) is 9.15. The van der Waals surface area contributed by atoms with Crippen molar-refractivity contribution in [3.05, 3.63) is 89.5 Å². The highest BCUT2D eigenvalue weighted by Crippen LogP contribution is 2.36. The summed E-state index contributed by atoms with van der Waals surface area (Å²) in [5.41, 5.74) is 3.77. The molecule has 154 valence electrons. The molecule has 3 aromatic carbocycles. The second kappa shape index (κ2) is 8.36. The Bertz CT molecular complexity index is 1000. The van der Waals surface area contributed by atoms with E-state index in [1.54, 1.807) is 0 Å². The Balaban J connectivity index is 1.84. The monoisotopic (exact) mass is 415 g/mol. The zero-order valence-electron chi connectivity index (χ0n) is 18.5. The summed E-state index contributed by atoms with van der Waals surface area (Å²) in [7, 11) is -0.711. The lowest BCUT2D eigenvalue weighted by atomic mass is 9.88. The van der Waals surface area contributed by atoms with E-state index in [0.29, 0.717) is 6.61 Å². The van der Waals surface area contributed by atoms with Crippen LogP contribution in [0.3, 0.4) is 0 Å². The molecule has 3 heteroatoms. The van der Waals surface area contributed by atoms with Gasteiger partial charge in [-0.15, -0.1) is 0 Å². The van der Waals surface area contributed by atoms with Crippen LogP contribution in [0.4, 0.5) is 0 Å². The van der Waals surface area contributed by atoms with Crippen molar-refractivity contribution < 1.29 is 4.74 Å². The lowest BCUT2D eigenvalue weighted by molar-refractivity contribution is 0.236. The summed E-state index contributed by atoms with van der Waals surface area (Å²) in [6.45, 7) is 11.6. The van der Waals surface area contributed by atoms with Crippen molar-refractivity contribution in [3.8, 4) is 0 Å². The van der Waals surface area contributed by atoms with E-state index in [-0.39, 0.29) is 11.5 Å². The van der Waals surface area contributed by atoms with Crippen LogP contribution in [0, 0.1) is 19.3 Å². The molecule has 0 aromatic heterocycles. The molecule has 0 aliphatic carbocycles. The van der Waals surface area contributed by atoms with E-state index in [9.17, 15) is 0 Å². The van der Waals surface area contributed by atoms with E-state index in [4.69, 9.17) is 9.73 Å². The van der Waals surface area contributed by atoms with Gasteiger partial charge in [-0.1, -0.05) is 98.6 Å². The van der Waals surface area contributed by atoms with Gasteiger partial charge in [0, 0.05) is 5.56 Å². The standard InChI is InChI=1S/C27H30NOP/c1-19-10-14-21(15-11-19)30(22-16-12-20(2)13-17-22)24-9-7-6-8-23(24)26-28-25(18-29-26)27(3,4)5/h6-17,25H,18H2,1-5H3/t25-/m1/s1. The van der Waals surface area contributed by atoms with Crippen molar-refractivity contribution >= 4 is 29.7 Å². The van der Waals surface area contributed by atoms with Crippen LogP contribution in [0.1, 0.15) is 37.5 Å². The fourth-order valence-corrected chi connectivity index (χ4v) is 6.02. The highest BCUT2D eigenvalue weighted by molar-refractivity contribution is 7.80. The number of hydrogen-bond acceptors (Lipinski definition) is 2. The average Bonchev–Trinajstić information content (AvgIpc) is 3.22. The van der Waals surface area contributed by atoms with Crippen LogP contribution in [-0.2, 0) is 4.74 Å². The smallest absolute Gasteiger partial charge is 0.217 e. The Kier molecular flexibility index (Phi) is 5.80. The Labute approximate surface area is 181 Å². The first kappa shape index (κ1) is 20.8. The van der Waals surface area contributed by atoms with Gasteiger partial charge in [-0.3, -0.25) is 0 Å². The molecule has 4 rings (SSSR count). The molecule has 0 amide bonds. The van der Waals surface area contributed by atoms with Crippen molar-refractivity contribution in [1.82, 2.24) is 0 Å². The number of aryl methyl sites for hydroxylation is 2. The van der Waals surface area contributed by atoms with Crippen LogP contribution in [-0.4, -0.2) is 18.5 Å². The van der Waals surface area contributed by atoms with Crippen LogP contribution >= 0.6 is 7.92 Å². The Morgan fingerprint density at radius 3 is 1.83 bits per heavy atom. The predicted molar refractivity (Wildman–Crippen MR) is 130 cm³/mol. The van der Waals surface area contributed by atoms with Gasteiger partial charge in [-0.2, -0.15) is 0 Å². The Morgan fingerprint density at radius 2 is 1.33 bits per heavy atom. The SMILES string of the molecule is Cc1ccc(P(c2ccc(C)cc2)c2ccccc2C2=N[C@@H](C(C)(C)C)CO2)cc1. The number of hydrogen-bond donors (Lipinski definition) is 0. The van der Waals surface area contributed by atoms with Crippen molar-refractivity contribution in [2.24, 2.45) is 10.4 Å². The number of ether oxygens (including phenoxy) is 1. The van der Waals surface area contributed by atoms with Crippen LogP contribution < -0.4 is 15.9 Å². The summed E-state index contributed by atoms with van der Waals surface area (Å²) in [6, 6.07) is 26.7. The first-order valence-corrected chi connectivity index (χ1v) is 11.9. The van der Waals surface area contributed by atoms with Gasteiger partial charge < -0.3 is 4.74 Å². The molecule has 1 atom stereocenters. The maximum Gasteiger partial charge on any atom is 0.217 e. The molecule has 1 aliphatic rings. The highest BCUT2D eigenvalue weighted by Gasteiger charge is 2.32. The predicted octanol–water partition coefficient (Wildman–Crippen LogP) is 5.25. The molecular formula is C27H30NOP. The van der Waals surface area contributed by atoms with Crippen LogP contribution in [0.25, 0.3) is 0 Å². The molecule has 0 radical (unpaired) electrons. The van der Waals surface area contributed by atoms with Crippen LogP contribution in [0.15, 0.2) is 77.8 Å². The van der Waals surface area contributed by atoms with Gasteiger partial charge in [0.15, 0.2) is 0 Å². The van der Waals surface area contributed by atoms with E-state index in [1.165, 1.54) is 27.0 Å². The number of benzene rings is 3. The van der Waals surface area contributed by atoms with E-state index < -0.39 is 7.92 Å². The zero-order valence-corrected chi connectivity index (χ0v) is 19.4. The third kappa shape index (κ3) is 4.35. The molecule has 3 aromatic rings. The zero-order chi connectivity index (χ0) is 21.3. The van der Waals surface area contributed by atoms with Crippen molar-refractivity contribution in [3.63, 3.8) is 0 Å². The quantitative estimate of drug-likeness (QED) is 0.533. The summed E-state index contributed by atoms with van der Waals surface area (Å²) >= 11 is 0. The van der Waals surface area contributed by atoms with Gasteiger partial charge in [-0.25, -0.2) is 4.99 Å². The Hall–Kier alpha value is -2.44. The highest BCUT2D eigenvalue weighted by atomic mass is 31.1. The van der Waals surface area contributed by atoms with E-state index >= 15 is 0 Å². The summed E-state index contributed by atoms with van der Waals surface area (Å²) in [5, 5.41) is 3.99. The van der Waals surface area contributed by atoms with Crippen molar-refractivity contribution in [1.29, 1.82) is 0 Å². The van der Waals surface area contributed by atoms with E-state index in [2.05, 4.69) is 107 Å². The van der Waals surface area contributed by atoms with Gasteiger partial charge in [0.2, 0.25) is 5.90 Å². The van der Waals surface area contributed by atoms with Crippen LogP contribution in [0.2, 0.25) is 0 Å². The van der Waals surface area contributed by atoms with Gasteiger partial charge >= 0.3 is 0 Å². The van der Waals surface area contributed by atoms with Gasteiger partial charge in [-0.05, 0) is 49.2 Å². The maximum absolute atomic E-state index is 6.14. The van der Waals surface area contributed by atoms with Crippen LogP contribution in [0.5, 0.6) is 0 Å². The lowest BCUT2D eigenvalue weighted by Gasteiger charge is -2.22. The third-order valence-corrected chi connectivity index (χ3v) is 8.11. The minimum Gasteiger partial charge on any atom is -0.475 e. The van der Waals surface area contributed by atoms with E-state index in [0.717, 1.165) is 11.5 Å². The number of rotatable bonds is 4. The molecule has 0 spiro atoms. The lowest BCUT2D eigenvalue weighted by Crippen LogP contribution is -2.25. The maximum atomic E-state index is 6.14. The molecule has 1 aliphatic heterocycles. The molecular weight excluding hydrogens is 385 g/mol. The first-order valence-electron chi connectivity index (χ1n) is 10.6. The molecule has 0 saturated carbocycles. The molecule has 30 heavy (non-hydrogen) atoms. The average molecular weight is 416 g/mol. The molecule has 1 heterocycles. The topological polar surface area (TPSA) is 21.6 Å². The molecule has 2 nitrogen and oxygen atoms in total. The first-order chi connectivity index (χ1) is 14.3. The largest absolute Gasteiger partial charge is 0.475 e. The minimum atomic E-state index is -0.711. The molecule has 0 unspecified atom stereocenters. The summed E-state index contributed by atoms with van der Waals surface area (Å²) in [4.78, 5) is 4.99. The normalized spacial score (nSPS) is 16.5. The molecule has 0 bridgehead atoms.